The molecule has 0 aromatic carbocycles. The molecule has 1 aliphatic heterocycles. The van der Waals surface area contributed by atoms with Gasteiger partial charge in [-0.3, -0.25) is 0 Å². The lowest BCUT2D eigenvalue weighted by Gasteiger charge is -2.05. The number of halogens is 1. The van der Waals surface area contributed by atoms with Gasteiger partial charge in [0, 0.05) is 6.54 Å². The van der Waals surface area contributed by atoms with Gasteiger partial charge in [0.05, 0.1) is 0 Å². The maximum Gasteiger partial charge on any atom is 0.00200 e. The molecule has 58 valence electrons. The zero-order valence-electron chi connectivity index (χ0n) is 6.10. The first kappa shape index (κ1) is 8.09. The maximum absolute atomic E-state index is 4.06. The number of hydrogen-bond acceptors (Lipinski definition) is 1. The minimum atomic E-state index is 0. The second kappa shape index (κ2) is 2.93. The standard InChI is InChI=1S/C8H13N.ClH/c1-6-2-3-7-4-9-5-8(6)7;/h7-9H,1-5H2;1H/t7-,8-;/m1./s1. The first-order valence-electron chi connectivity index (χ1n) is 3.76. The van der Waals surface area contributed by atoms with E-state index < -0.39 is 0 Å². The zero-order valence-corrected chi connectivity index (χ0v) is 6.91. The van der Waals surface area contributed by atoms with Crippen LogP contribution in [0, 0.1) is 11.8 Å². The molecule has 2 rings (SSSR count). The van der Waals surface area contributed by atoms with Gasteiger partial charge in [-0.15, -0.1) is 12.4 Å². The number of hydrogen-bond donors (Lipinski definition) is 1. The van der Waals surface area contributed by atoms with E-state index in [1.54, 1.807) is 0 Å². The van der Waals surface area contributed by atoms with Gasteiger partial charge >= 0.3 is 0 Å². The predicted octanol–water partition coefficient (Wildman–Crippen LogP) is 1.59. The maximum atomic E-state index is 4.06. The van der Waals surface area contributed by atoms with Gasteiger partial charge in [-0.1, -0.05) is 12.2 Å². The first-order valence-corrected chi connectivity index (χ1v) is 3.76. The fourth-order valence-electron chi connectivity index (χ4n) is 2.07. The molecule has 0 aromatic heterocycles. The summed E-state index contributed by atoms with van der Waals surface area (Å²) in [5, 5.41) is 3.39. The monoisotopic (exact) mass is 159 g/mol. The Kier molecular flexibility index (Phi) is 2.37. The largest absolute Gasteiger partial charge is 0.316 e. The van der Waals surface area contributed by atoms with E-state index in [9.17, 15) is 0 Å². The van der Waals surface area contributed by atoms with Crippen LogP contribution >= 0.6 is 12.4 Å². The van der Waals surface area contributed by atoms with E-state index in [4.69, 9.17) is 0 Å². The molecule has 1 aliphatic carbocycles. The third kappa shape index (κ3) is 1.08. The normalized spacial score (nSPS) is 37.4. The molecule has 2 heteroatoms. The molecule has 0 amide bonds. The molecule has 1 nitrogen and oxygen atoms in total. The Balaban J connectivity index is 0.000000500. The van der Waals surface area contributed by atoms with Crippen LogP contribution in [0.4, 0.5) is 0 Å². The van der Waals surface area contributed by atoms with Crippen LogP contribution in [0.5, 0.6) is 0 Å². The summed E-state index contributed by atoms with van der Waals surface area (Å²) in [4.78, 5) is 0. The predicted molar refractivity (Wildman–Crippen MR) is 45.5 cm³/mol. The molecule has 0 bridgehead atoms. The van der Waals surface area contributed by atoms with Gasteiger partial charge in [0.15, 0.2) is 0 Å². The van der Waals surface area contributed by atoms with E-state index in [0.717, 1.165) is 11.8 Å². The van der Waals surface area contributed by atoms with Crippen LogP contribution < -0.4 is 5.32 Å². The second-order valence-electron chi connectivity index (χ2n) is 3.22. The fraction of sp³-hybridized carbons (Fsp3) is 0.750. The quantitative estimate of drug-likeness (QED) is 0.530. The molecule has 0 radical (unpaired) electrons. The Bertz CT molecular complexity index is 144. The summed E-state index contributed by atoms with van der Waals surface area (Å²) in [6.07, 6.45) is 2.67. The molecule has 0 unspecified atom stereocenters. The van der Waals surface area contributed by atoms with Gasteiger partial charge in [-0.25, -0.2) is 0 Å². The van der Waals surface area contributed by atoms with Crippen LogP contribution in [-0.4, -0.2) is 13.1 Å². The molecule has 1 saturated carbocycles. The molecule has 2 fully saturated rings. The summed E-state index contributed by atoms with van der Waals surface area (Å²) in [7, 11) is 0. The van der Waals surface area contributed by atoms with E-state index in [1.807, 2.05) is 0 Å². The topological polar surface area (TPSA) is 12.0 Å². The highest BCUT2D eigenvalue weighted by Crippen LogP contribution is 2.37. The fourth-order valence-corrected chi connectivity index (χ4v) is 2.07. The third-order valence-corrected chi connectivity index (χ3v) is 2.70. The van der Waals surface area contributed by atoms with Gasteiger partial charge in [-0.2, -0.15) is 0 Å². The van der Waals surface area contributed by atoms with Crippen molar-refractivity contribution in [3.05, 3.63) is 12.2 Å². The first-order chi connectivity index (χ1) is 4.38. The van der Waals surface area contributed by atoms with Crippen LogP contribution in [0.2, 0.25) is 0 Å². The van der Waals surface area contributed by atoms with E-state index >= 15 is 0 Å². The van der Waals surface area contributed by atoms with Gasteiger partial charge in [-0.05, 0) is 31.2 Å². The minimum absolute atomic E-state index is 0. The summed E-state index contributed by atoms with van der Waals surface area (Å²) in [5.74, 6) is 1.78. The highest BCUT2D eigenvalue weighted by molar-refractivity contribution is 5.85. The zero-order chi connectivity index (χ0) is 6.27. The molecule has 2 atom stereocenters. The van der Waals surface area contributed by atoms with Gasteiger partial charge in [0.2, 0.25) is 0 Å². The Morgan fingerprint density at radius 2 is 2.20 bits per heavy atom. The lowest BCUT2D eigenvalue weighted by Crippen LogP contribution is -2.09. The van der Waals surface area contributed by atoms with Crippen LogP contribution in [0.3, 0.4) is 0 Å². The number of fused-ring (bicyclic) bond motifs is 1. The van der Waals surface area contributed by atoms with Crippen molar-refractivity contribution < 1.29 is 0 Å². The smallest absolute Gasteiger partial charge is 0.00200 e. The highest BCUT2D eigenvalue weighted by atomic mass is 35.5. The van der Waals surface area contributed by atoms with Crippen molar-refractivity contribution in [3.8, 4) is 0 Å². The summed E-state index contributed by atoms with van der Waals surface area (Å²) >= 11 is 0. The van der Waals surface area contributed by atoms with Crippen molar-refractivity contribution in [1.82, 2.24) is 5.32 Å². The molecule has 1 saturated heterocycles. The lowest BCUT2D eigenvalue weighted by atomic mass is 9.98. The lowest BCUT2D eigenvalue weighted by molar-refractivity contribution is 0.528. The van der Waals surface area contributed by atoms with E-state index in [1.165, 1.54) is 31.5 Å². The van der Waals surface area contributed by atoms with E-state index in [2.05, 4.69) is 11.9 Å². The van der Waals surface area contributed by atoms with E-state index in [-0.39, 0.29) is 12.4 Å². The Hall–Kier alpha value is -0.0100. The van der Waals surface area contributed by atoms with Gasteiger partial charge < -0.3 is 5.32 Å². The molecular weight excluding hydrogens is 146 g/mol. The average Bonchev–Trinajstić information content (AvgIpc) is 2.35. The van der Waals surface area contributed by atoms with Crippen LogP contribution in [0.1, 0.15) is 12.8 Å². The molecule has 1 heterocycles. The molecule has 2 aliphatic rings. The SMILES string of the molecule is C=C1CC[C@@H]2CNC[C@H]12.Cl. The van der Waals surface area contributed by atoms with Crippen molar-refractivity contribution in [3.63, 3.8) is 0 Å². The van der Waals surface area contributed by atoms with E-state index in [0.29, 0.717) is 0 Å². The second-order valence-corrected chi connectivity index (χ2v) is 3.22. The average molecular weight is 160 g/mol. The number of nitrogens with one attached hydrogen (secondary N) is 1. The Labute approximate surface area is 68.3 Å². The number of rotatable bonds is 0. The van der Waals surface area contributed by atoms with Crippen LogP contribution in [0.25, 0.3) is 0 Å². The summed E-state index contributed by atoms with van der Waals surface area (Å²) < 4.78 is 0. The van der Waals surface area contributed by atoms with Crippen molar-refractivity contribution in [1.29, 1.82) is 0 Å². The van der Waals surface area contributed by atoms with Crippen molar-refractivity contribution in [2.75, 3.05) is 13.1 Å². The van der Waals surface area contributed by atoms with Crippen LogP contribution in [0.15, 0.2) is 12.2 Å². The molecule has 0 spiro atoms. The summed E-state index contributed by atoms with van der Waals surface area (Å²) in [6.45, 7) is 6.49. The molecule has 1 N–H and O–H groups in total. The van der Waals surface area contributed by atoms with Crippen molar-refractivity contribution in [2.45, 2.75) is 12.8 Å². The van der Waals surface area contributed by atoms with Gasteiger partial charge in [0.1, 0.15) is 0 Å². The van der Waals surface area contributed by atoms with Crippen LogP contribution in [-0.2, 0) is 0 Å². The molecule has 0 aromatic rings. The Morgan fingerprint density at radius 1 is 1.40 bits per heavy atom. The molecular formula is C8H14ClN. The third-order valence-electron chi connectivity index (χ3n) is 2.70. The highest BCUT2D eigenvalue weighted by Gasteiger charge is 2.33. The van der Waals surface area contributed by atoms with Gasteiger partial charge in [0.25, 0.3) is 0 Å². The summed E-state index contributed by atoms with van der Waals surface area (Å²) in [5.41, 5.74) is 1.49. The summed E-state index contributed by atoms with van der Waals surface area (Å²) in [6, 6.07) is 0. The Morgan fingerprint density at radius 3 is 2.90 bits per heavy atom. The molecule has 10 heavy (non-hydrogen) atoms. The minimum Gasteiger partial charge on any atom is -0.316 e. The van der Waals surface area contributed by atoms with Crippen molar-refractivity contribution >= 4 is 12.4 Å². The van der Waals surface area contributed by atoms with Crippen molar-refractivity contribution in [2.24, 2.45) is 11.8 Å².